The number of hydrogen-bond acceptors (Lipinski definition) is 3. The van der Waals surface area contributed by atoms with Crippen LogP contribution in [-0.2, 0) is 4.74 Å². The van der Waals surface area contributed by atoms with Gasteiger partial charge in [0.1, 0.15) is 12.4 Å². The molecule has 0 bridgehead atoms. The quantitative estimate of drug-likeness (QED) is 0.706. The Balaban J connectivity index is 1.73. The predicted molar refractivity (Wildman–Crippen MR) is 83.0 cm³/mol. The standard InChI is InChI=1S/C18H25NO2/c1-2-6-15-9-10-16(14-19)18(13-15)21-12-11-20-17-7-4-3-5-8-17/h3-5,7-8,15-16,18H,2,6,9-13H2,1H3. The van der Waals surface area contributed by atoms with E-state index in [1.165, 1.54) is 19.3 Å². The van der Waals surface area contributed by atoms with E-state index >= 15 is 0 Å². The summed E-state index contributed by atoms with van der Waals surface area (Å²) in [6.45, 7) is 3.31. The Kier molecular flexibility index (Phi) is 6.56. The van der Waals surface area contributed by atoms with Crippen molar-refractivity contribution < 1.29 is 9.47 Å². The first kappa shape index (κ1) is 15.9. The number of hydrogen-bond donors (Lipinski definition) is 0. The Morgan fingerprint density at radius 3 is 2.71 bits per heavy atom. The molecule has 0 heterocycles. The number of nitriles is 1. The van der Waals surface area contributed by atoms with Crippen LogP contribution in [0, 0.1) is 23.2 Å². The maximum atomic E-state index is 9.25. The molecule has 1 aliphatic carbocycles. The number of benzene rings is 1. The fraction of sp³-hybridized carbons (Fsp3) is 0.611. The van der Waals surface area contributed by atoms with E-state index in [1.807, 2.05) is 30.3 Å². The summed E-state index contributed by atoms with van der Waals surface area (Å²) in [6.07, 6.45) is 5.72. The van der Waals surface area contributed by atoms with Gasteiger partial charge >= 0.3 is 0 Å². The van der Waals surface area contributed by atoms with Gasteiger partial charge in [-0.2, -0.15) is 5.26 Å². The van der Waals surface area contributed by atoms with Crippen LogP contribution in [0.25, 0.3) is 0 Å². The third-order valence-corrected chi connectivity index (χ3v) is 4.19. The van der Waals surface area contributed by atoms with Crippen molar-refractivity contribution in [2.75, 3.05) is 13.2 Å². The molecule has 3 atom stereocenters. The van der Waals surface area contributed by atoms with E-state index < -0.39 is 0 Å². The maximum Gasteiger partial charge on any atom is 0.119 e. The van der Waals surface area contributed by atoms with Crippen LogP contribution in [0.15, 0.2) is 30.3 Å². The van der Waals surface area contributed by atoms with Crippen molar-refractivity contribution in [3.63, 3.8) is 0 Å². The molecule has 2 rings (SSSR count). The van der Waals surface area contributed by atoms with Crippen molar-refractivity contribution in [3.8, 4) is 11.8 Å². The van der Waals surface area contributed by atoms with E-state index in [4.69, 9.17) is 9.47 Å². The lowest BCUT2D eigenvalue weighted by atomic mass is 9.78. The molecule has 0 amide bonds. The van der Waals surface area contributed by atoms with Gasteiger partial charge in [0.15, 0.2) is 0 Å². The molecule has 3 nitrogen and oxygen atoms in total. The minimum absolute atomic E-state index is 0.0508. The summed E-state index contributed by atoms with van der Waals surface area (Å²) in [6, 6.07) is 12.2. The minimum Gasteiger partial charge on any atom is -0.491 e. The molecule has 0 N–H and O–H groups in total. The molecule has 3 unspecified atom stereocenters. The van der Waals surface area contributed by atoms with Gasteiger partial charge in [-0.05, 0) is 37.3 Å². The molecule has 0 aliphatic heterocycles. The molecular formula is C18H25NO2. The summed E-state index contributed by atoms with van der Waals surface area (Å²) in [7, 11) is 0. The van der Waals surface area contributed by atoms with Gasteiger partial charge in [0.25, 0.3) is 0 Å². The second-order valence-corrected chi connectivity index (χ2v) is 5.77. The van der Waals surface area contributed by atoms with E-state index in [0.29, 0.717) is 13.2 Å². The molecule has 0 spiro atoms. The summed E-state index contributed by atoms with van der Waals surface area (Å²) in [5.41, 5.74) is 0. The van der Waals surface area contributed by atoms with Gasteiger partial charge in [0.2, 0.25) is 0 Å². The molecule has 114 valence electrons. The summed E-state index contributed by atoms with van der Waals surface area (Å²) in [5, 5.41) is 9.25. The van der Waals surface area contributed by atoms with E-state index in [9.17, 15) is 5.26 Å². The molecule has 21 heavy (non-hydrogen) atoms. The molecule has 1 aromatic carbocycles. The molecule has 0 aromatic heterocycles. The number of nitrogens with zero attached hydrogens (tertiary/aromatic N) is 1. The van der Waals surface area contributed by atoms with E-state index in [2.05, 4.69) is 13.0 Å². The van der Waals surface area contributed by atoms with Gasteiger partial charge in [-0.25, -0.2) is 0 Å². The van der Waals surface area contributed by atoms with Gasteiger partial charge in [-0.3, -0.25) is 0 Å². The third kappa shape index (κ3) is 5.06. The number of ether oxygens (including phenoxy) is 2. The first-order valence-electron chi connectivity index (χ1n) is 8.02. The molecular weight excluding hydrogens is 262 g/mol. The molecule has 1 saturated carbocycles. The topological polar surface area (TPSA) is 42.2 Å². The summed E-state index contributed by atoms with van der Waals surface area (Å²) in [4.78, 5) is 0. The fourth-order valence-electron chi connectivity index (χ4n) is 3.09. The predicted octanol–water partition coefficient (Wildman–Crippen LogP) is 4.19. The monoisotopic (exact) mass is 287 g/mol. The molecule has 0 radical (unpaired) electrons. The average Bonchev–Trinajstić information content (AvgIpc) is 2.53. The van der Waals surface area contributed by atoms with Crippen molar-refractivity contribution in [1.29, 1.82) is 5.26 Å². The van der Waals surface area contributed by atoms with Crippen molar-refractivity contribution in [2.45, 2.75) is 45.1 Å². The first-order valence-corrected chi connectivity index (χ1v) is 8.02. The molecule has 1 aromatic rings. The zero-order chi connectivity index (χ0) is 14.9. The van der Waals surface area contributed by atoms with E-state index in [0.717, 1.165) is 24.5 Å². The number of para-hydroxylation sites is 1. The van der Waals surface area contributed by atoms with Crippen LogP contribution in [0.3, 0.4) is 0 Å². The lowest BCUT2D eigenvalue weighted by molar-refractivity contribution is -0.0215. The normalized spacial score (nSPS) is 25.2. The van der Waals surface area contributed by atoms with Crippen LogP contribution in [-0.4, -0.2) is 19.3 Å². The lowest BCUT2D eigenvalue weighted by Crippen LogP contribution is -2.32. The van der Waals surface area contributed by atoms with Crippen molar-refractivity contribution in [3.05, 3.63) is 30.3 Å². The van der Waals surface area contributed by atoms with Crippen LogP contribution in [0.4, 0.5) is 0 Å². The Morgan fingerprint density at radius 2 is 2.00 bits per heavy atom. The van der Waals surface area contributed by atoms with Crippen LogP contribution in [0.2, 0.25) is 0 Å². The summed E-state index contributed by atoms with van der Waals surface area (Å²) < 4.78 is 11.6. The Hall–Kier alpha value is -1.53. The lowest BCUT2D eigenvalue weighted by Gasteiger charge is -2.32. The fourth-order valence-corrected chi connectivity index (χ4v) is 3.09. The van der Waals surface area contributed by atoms with Crippen LogP contribution >= 0.6 is 0 Å². The highest BCUT2D eigenvalue weighted by Gasteiger charge is 2.30. The van der Waals surface area contributed by atoms with E-state index in [-0.39, 0.29) is 12.0 Å². The first-order chi connectivity index (χ1) is 10.3. The molecule has 1 aliphatic rings. The van der Waals surface area contributed by atoms with Crippen molar-refractivity contribution in [2.24, 2.45) is 11.8 Å². The van der Waals surface area contributed by atoms with Gasteiger partial charge < -0.3 is 9.47 Å². The molecule has 3 heteroatoms. The highest BCUT2D eigenvalue weighted by atomic mass is 16.5. The smallest absolute Gasteiger partial charge is 0.119 e. The SMILES string of the molecule is CCCC1CCC(C#N)C(OCCOc2ccccc2)C1. The minimum atomic E-state index is 0.0508. The van der Waals surface area contributed by atoms with Crippen LogP contribution in [0.1, 0.15) is 39.0 Å². The zero-order valence-electron chi connectivity index (χ0n) is 12.8. The summed E-state index contributed by atoms with van der Waals surface area (Å²) >= 11 is 0. The maximum absolute atomic E-state index is 9.25. The van der Waals surface area contributed by atoms with Crippen molar-refractivity contribution >= 4 is 0 Å². The zero-order valence-corrected chi connectivity index (χ0v) is 12.8. The van der Waals surface area contributed by atoms with Crippen LogP contribution < -0.4 is 4.74 Å². The second kappa shape index (κ2) is 8.69. The number of rotatable bonds is 7. The molecule has 1 fully saturated rings. The van der Waals surface area contributed by atoms with Crippen molar-refractivity contribution in [1.82, 2.24) is 0 Å². The Bertz CT molecular complexity index is 440. The highest BCUT2D eigenvalue weighted by molar-refractivity contribution is 5.20. The third-order valence-electron chi connectivity index (χ3n) is 4.19. The van der Waals surface area contributed by atoms with Gasteiger partial charge in [-0.15, -0.1) is 0 Å². The van der Waals surface area contributed by atoms with E-state index in [1.54, 1.807) is 0 Å². The second-order valence-electron chi connectivity index (χ2n) is 5.77. The highest BCUT2D eigenvalue weighted by Crippen LogP contribution is 2.33. The molecule has 0 saturated heterocycles. The Labute approximate surface area is 127 Å². The van der Waals surface area contributed by atoms with Gasteiger partial charge in [0.05, 0.1) is 24.7 Å². The average molecular weight is 287 g/mol. The van der Waals surface area contributed by atoms with Gasteiger partial charge in [0, 0.05) is 0 Å². The van der Waals surface area contributed by atoms with Crippen LogP contribution in [0.5, 0.6) is 5.75 Å². The Morgan fingerprint density at radius 1 is 1.19 bits per heavy atom. The van der Waals surface area contributed by atoms with Gasteiger partial charge in [-0.1, -0.05) is 38.0 Å². The summed E-state index contributed by atoms with van der Waals surface area (Å²) in [5.74, 6) is 1.64. The largest absolute Gasteiger partial charge is 0.491 e.